The molecule has 3 unspecified atom stereocenters. The Morgan fingerprint density at radius 3 is 2.59 bits per heavy atom. The van der Waals surface area contributed by atoms with Gasteiger partial charge in [0, 0.05) is 30.6 Å². The summed E-state index contributed by atoms with van der Waals surface area (Å²) in [7, 11) is 0. The van der Waals surface area contributed by atoms with E-state index in [1.807, 2.05) is 25.7 Å². The second-order valence-electron chi connectivity index (χ2n) is 7.59. The van der Waals surface area contributed by atoms with Gasteiger partial charge >= 0.3 is 0 Å². The van der Waals surface area contributed by atoms with Crippen molar-refractivity contribution in [2.45, 2.75) is 70.9 Å². The molecule has 1 aliphatic carbocycles. The number of amides is 2. The number of nitrogens with zero attached hydrogens (tertiary/aromatic N) is 1. The van der Waals surface area contributed by atoms with Crippen molar-refractivity contribution in [3.05, 3.63) is 0 Å². The number of hydrogen-bond donors (Lipinski definition) is 2. The number of rotatable bonds is 3. The molecule has 2 aliphatic rings. The van der Waals surface area contributed by atoms with Crippen molar-refractivity contribution >= 4 is 11.8 Å². The Balaban J connectivity index is 1.96. The quantitative estimate of drug-likeness (QED) is 0.832. The first kappa shape index (κ1) is 17.3. The van der Waals surface area contributed by atoms with Crippen molar-refractivity contribution in [2.24, 2.45) is 17.6 Å². The number of nitrogens with one attached hydrogen (secondary N) is 1. The van der Waals surface area contributed by atoms with Crippen molar-refractivity contribution < 1.29 is 9.59 Å². The summed E-state index contributed by atoms with van der Waals surface area (Å²) >= 11 is 0. The highest BCUT2D eigenvalue weighted by molar-refractivity contribution is 5.81. The first-order chi connectivity index (χ1) is 10.3. The molecule has 1 saturated heterocycles. The predicted octanol–water partition coefficient (Wildman–Crippen LogP) is 1.66. The molecule has 0 bridgehead atoms. The van der Waals surface area contributed by atoms with E-state index in [4.69, 9.17) is 5.73 Å². The van der Waals surface area contributed by atoms with Crippen LogP contribution in [0, 0.1) is 11.8 Å². The van der Waals surface area contributed by atoms with Crippen LogP contribution in [0.3, 0.4) is 0 Å². The first-order valence-corrected chi connectivity index (χ1v) is 8.69. The zero-order valence-electron chi connectivity index (χ0n) is 14.2. The van der Waals surface area contributed by atoms with Crippen molar-refractivity contribution in [2.75, 3.05) is 13.1 Å². The molecule has 0 radical (unpaired) electrons. The van der Waals surface area contributed by atoms with Gasteiger partial charge in [0.1, 0.15) is 0 Å². The number of hydrogen-bond acceptors (Lipinski definition) is 3. The molecule has 5 heteroatoms. The van der Waals surface area contributed by atoms with Gasteiger partial charge in [0.25, 0.3) is 0 Å². The highest BCUT2D eigenvalue weighted by Gasteiger charge is 2.40. The van der Waals surface area contributed by atoms with Crippen LogP contribution in [0.15, 0.2) is 0 Å². The molecule has 126 valence electrons. The normalized spacial score (nSPS) is 32.9. The van der Waals surface area contributed by atoms with Gasteiger partial charge in [-0.3, -0.25) is 9.59 Å². The van der Waals surface area contributed by atoms with E-state index in [1.165, 1.54) is 0 Å². The van der Waals surface area contributed by atoms with E-state index in [0.29, 0.717) is 6.54 Å². The summed E-state index contributed by atoms with van der Waals surface area (Å²) in [5.74, 6) is 0.173. The van der Waals surface area contributed by atoms with Crippen LogP contribution < -0.4 is 11.1 Å². The summed E-state index contributed by atoms with van der Waals surface area (Å²) in [6.07, 6.45) is 5.92. The summed E-state index contributed by atoms with van der Waals surface area (Å²) in [4.78, 5) is 26.7. The minimum Gasteiger partial charge on any atom is -0.351 e. The zero-order chi connectivity index (χ0) is 16.3. The molecule has 3 N–H and O–H groups in total. The zero-order valence-corrected chi connectivity index (χ0v) is 14.2. The molecule has 0 aromatic rings. The smallest absolute Gasteiger partial charge is 0.227 e. The standard InChI is InChI=1S/C17H31N3O2/c1-12(2)15(21)19-13-7-6-10-20(11-13)16(22)14-8-4-5-9-17(14,3)18/h12-14H,4-11,18H2,1-3H3,(H,19,21). The third kappa shape index (κ3) is 4.00. The highest BCUT2D eigenvalue weighted by atomic mass is 16.2. The van der Waals surface area contributed by atoms with Crippen molar-refractivity contribution in [1.82, 2.24) is 10.2 Å². The monoisotopic (exact) mass is 309 g/mol. The number of carbonyl (C=O) groups excluding carboxylic acids is 2. The second-order valence-corrected chi connectivity index (χ2v) is 7.59. The van der Waals surface area contributed by atoms with E-state index in [0.717, 1.165) is 45.1 Å². The van der Waals surface area contributed by atoms with Crippen LogP contribution in [-0.2, 0) is 9.59 Å². The maximum absolute atomic E-state index is 12.9. The molecule has 2 fully saturated rings. The van der Waals surface area contributed by atoms with E-state index in [2.05, 4.69) is 5.32 Å². The molecule has 1 heterocycles. The maximum atomic E-state index is 12.9. The SMILES string of the molecule is CC(C)C(=O)NC1CCCN(C(=O)C2CCCCC2(C)N)C1. The third-order valence-corrected chi connectivity index (χ3v) is 5.16. The minimum absolute atomic E-state index is 0.0169. The van der Waals surface area contributed by atoms with Crippen LogP contribution in [0.1, 0.15) is 59.3 Å². The Kier molecular flexibility index (Phi) is 5.48. The number of likely N-dealkylation sites (tertiary alicyclic amines) is 1. The van der Waals surface area contributed by atoms with Gasteiger partial charge in [0.2, 0.25) is 11.8 Å². The van der Waals surface area contributed by atoms with E-state index >= 15 is 0 Å². The fourth-order valence-electron chi connectivity index (χ4n) is 3.65. The first-order valence-electron chi connectivity index (χ1n) is 8.69. The summed E-state index contributed by atoms with van der Waals surface area (Å²) in [6, 6.07) is 0.0835. The molecule has 0 aromatic carbocycles. The molecule has 1 aliphatic heterocycles. The average Bonchev–Trinajstić information content (AvgIpc) is 2.46. The Morgan fingerprint density at radius 1 is 1.23 bits per heavy atom. The van der Waals surface area contributed by atoms with Gasteiger partial charge in [0.05, 0.1) is 5.92 Å². The second kappa shape index (κ2) is 6.99. The molecule has 22 heavy (non-hydrogen) atoms. The average molecular weight is 309 g/mol. The van der Waals surface area contributed by atoms with Gasteiger partial charge in [-0.05, 0) is 32.6 Å². The van der Waals surface area contributed by atoms with Gasteiger partial charge in [-0.15, -0.1) is 0 Å². The Labute approximate surface area is 134 Å². The lowest BCUT2D eigenvalue weighted by Crippen LogP contribution is -2.57. The van der Waals surface area contributed by atoms with E-state index < -0.39 is 0 Å². The summed E-state index contributed by atoms with van der Waals surface area (Å²) in [5.41, 5.74) is 5.98. The van der Waals surface area contributed by atoms with Crippen molar-refractivity contribution in [3.8, 4) is 0 Å². The van der Waals surface area contributed by atoms with Gasteiger partial charge < -0.3 is 16.0 Å². The summed E-state index contributed by atoms with van der Waals surface area (Å²) in [5, 5.41) is 3.06. The van der Waals surface area contributed by atoms with E-state index in [-0.39, 0.29) is 35.2 Å². The van der Waals surface area contributed by atoms with Gasteiger partial charge in [-0.25, -0.2) is 0 Å². The molecule has 2 amide bonds. The van der Waals surface area contributed by atoms with Crippen LogP contribution >= 0.6 is 0 Å². The molecule has 1 saturated carbocycles. The maximum Gasteiger partial charge on any atom is 0.227 e. The highest BCUT2D eigenvalue weighted by Crippen LogP contribution is 2.33. The summed E-state index contributed by atoms with van der Waals surface area (Å²) < 4.78 is 0. The molecule has 0 spiro atoms. The van der Waals surface area contributed by atoms with Gasteiger partial charge in [-0.1, -0.05) is 26.7 Å². The predicted molar refractivity (Wildman–Crippen MR) is 87.1 cm³/mol. The molecule has 3 atom stereocenters. The van der Waals surface area contributed by atoms with Crippen LogP contribution in [0.2, 0.25) is 0 Å². The summed E-state index contributed by atoms with van der Waals surface area (Å²) in [6.45, 7) is 7.21. The van der Waals surface area contributed by atoms with Crippen LogP contribution in [-0.4, -0.2) is 41.4 Å². The van der Waals surface area contributed by atoms with Gasteiger partial charge in [-0.2, -0.15) is 0 Å². The fraction of sp³-hybridized carbons (Fsp3) is 0.882. The van der Waals surface area contributed by atoms with Crippen molar-refractivity contribution in [3.63, 3.8) is 0 Å². The van der Waals surface area contributed by atoms with Crippen LogP contribution in [0.25, 0.3) is 0 Å². The number of carbonyl (C=O) groups is 2. The number of nitrogens with two attached hydrogens (primary N) is 1. The third-order valence-electron chi connectivity index (χ3n) is 5.16. The Bertz CT molecular complexity index is 420. The molecule has 2 rings (SSSR count). The fourth-order valence-corrected chi connectivity index (χ4v) is 3.65. The van der Waals surface area contributed by atoms with E-state index in [1.54, 1.807) is 0 Å². The molecular weight excluding hydrogens is 278 g/mol. The lowest BCUT2D eigenvalue weighted by atomic mass is 9.74. The molecule has 5 nitrogen and oxygen atoms in total. The lowest BCUT2D eigenvalue weighted by molar-refractivity contribution is -0.141. The topological polar surface area (TPSA) is 75.4 Å². The largest absolute Gasteiger partial charge is 0.351 e. The van der Waals surface area contributed by atoms with E-state index in [9.17, 15) is 9.59 Å². The molecular formula is C17H31N3O2. The Hall–Kier alpha value is -1.10. The minimum atomic E-state index is -0.385. The number of piperidine rings is 1. The Morgan fingerprint density at radius 2 is 1.95 bits per heavy atom. The van der Waals surface area contributed by atoms with Crippen LogP contribution in [0.5, 0.6) is 0 Å². The van der Waals surface area contributed by atoms with Crippen molar-refractivity contribution in [1.29, 1.82) is 0 Å². The lowest BCUT2D eigenvalue weighted by Gasteiger charge is -2.42. The van der Waals surface area contributed by atoms with Gasteiger partial charge in [0.15, 0.2) is 0 Å². The van der Waals surface area contributed by atoms with Crippen LogP contribution in [0.4, 0.5) is 0 Å². The molecule has 0 aromatic heterocycles.